The molecule has 1 aliphatic carbocycles. The largest absolute Gasteiger partial charge is 0.507 e. The van der Waals surface area contributed by atoms with E-state index < -0.39 is 0 Å². The first kappa shape index (κ1) is 23.5. The average Bonchev–Trinajstić information content (AvgIpc) is 2.86. The number of aryl methyl sites for hydroxylation is 2. The first-order chi connectivity index (χ1) is 16.6. The molecule has 34 heavy (non-hydrogen) atoms. The van der Waals surface area contributed by atoms with Gasteiger partial charge in [0.25, 0.3) is 0 Å². The van der Waals surface area contributed by atoms with Crippen LogP contribution in [-0.2, 0) is 12.8 Å². The number of hydrogen-bond acceptors (Lipinski definition) is 4. The van der Waals surface area contributed by atoms with Crippen molar-refractivity contribution in [2.75, 3.05) is 5.32 Å². The van der Waals surface area contributed by atoms with E-state index in [0.29, 0.717) is 22.5 Å². The lowest BCUT2D eigenvalue weighted by molar-refractivity contribution is 0.104. The number of benzene rings is 3. The highest BCUT2D eigenvalue weighted by Gasteiger charge is 2.25. The number of carbonyl (C=O) groups is 1. The molecule has 3 aromatic rings. The fraction of sp³-hybridized carbons (Fsp3) is 0.267. The summed E-state index contributed by atoms with van der Waals surface area (Å²) < 4.78 is 0. The number of aromatic hydroxyl groups is 1. The predicted octanol–water partition coefficient (Wildman–Crippen LogP) is 7.69. The van der Waals surface area contributed by atoms with Crippen molar-refractivity contribution < 1.29 is 9.90 Å². The molecular weight excluding hydrogens is 420 g/mol. The summed E-state index contributed by atoms with van der Waals surface area (Å²) in [5, 5.41) is 14.0. The number of anilines is 2. The molecule has 0 saturated heterocycles. The second-order valence-electron chi connectivity index (χ2n) is 8.77. The molecule has 0 saturated carbocycles. The molecule has 0 radical (unpaired) electrons. The number of aliphatic imine (C=N–C) groups is 1. The summed E-state index contributed by atoms with van der Waals surface area (Å²) in [6, 6.07) is 19.8. The number of fused-ring (bicyclic) bond motifs is 1. The van der Waals surface area contributed by atoms with Gasteiger partial charge in [0.1, 0.15) is 5.75 Å². The minimum absolute atomic E-state index is 0.0477. The van der Waals surface area contributed by atoms with E-state index in [-0.39, 0.29) is 11.5 Å². The van der Waals surface area contributed by atoms with Crippen LogP contribution in [0, 0.1) is 0 Å². The summed E-state index contributed by atoms with van der Waals surface area (Å²) in [4.78, 5) is 17.6. The van der Waals surface area contributed by atoms with Gasteiger partial charge in [0.2, 0.25) is 0 Å². The molecule has 0 fully saturated rings. The van der Waals surface area contributed by atoms with Gasteiger partial charge in [-0.3, -0.25) is 4.79 Å². The van der Waals surface area contributed by atoms with E-state index in [1.54, 1.807) is 18.2 Å². The molecule has 174 valence electrons. The van der Waals surface area contributed by atoms with Crippen LogP contribution in [0.4, 0.5) is 17.1 Å². The standard InChI is InChI=1S/C30H32N2O2/c1-3-5-7-21-9-13-23(14-10-21)31-25-17-19-28(34)30-26(18-20-27(33)29(25)30)32-24-15-11-22(12-16-24)8-6-4-2/h9-20,31,34H,3-8H2,1-2H3. The number of carbonyl (C=O) groups excluding carboxylic acids is 1. The lowest BCUT2D eigenvalue weighted by Gasteiger charge is -2.19. The summed E-state index contributed by atoms with van der Waals surface area (Å²) in [5.41, 5.74) is 6.42. The second kappa shape index (κ2) is 11.0. The van der Waals surface area contributed by atoms with Crippen LogP contribution in [0.5, 0.6) is 5.75 Å². The van der Waals surface area contributed by atoms with Gasteiger partial charge >= 0.3 is 0 Å². The zero-order chi connectivity index (χ0) is 23.9. The Bertz CT molecular complexity index is 1210. The van der Waals surface area contributed by atoms with E-state index >= 15 is 0 Å². The fourth-order valence-electron chi connectivity index (χ4n) is 4.17. The lowest BCUT2D eigenvalue weighted by atomic mass is 9.91. The van der Waals surface area contributed by atoms with Gasteiger partial charge in [-0.15, -0.1) is 0 Å². The third-order valence-electron chi connectivity index (χ3n) is 6.14. The lowest BCUT2D eigenvalue weighted by Crippen LogP contribution is -2.15. The molecule has 0 unspecified atom stereocenters. The SMILES string of the molecule is CCCCc1ccc(N=C2C=CC(=O)c3c(Nc4ccc(CCCC)cc4)ccc(O)c32)cc1. The Morgan fingerprint density at radius 2 is 1.38 bits per heavy atom. The van der Waals surface area contributed by atoms with Gasteiger partial charge in [-0.25, -0.2) is 4.99 Å². The van der Waals surface area contributed by atoms with Crippen LogP contribution >= 0.6 is 0 Å². The quantitative estimate of drug-likeness (QED) is 0.327. The highest BCUT2D eigenvalue weighted by Crippen LogP contribution is 2.35. The Morgan fingerprint density at radius 3 is 2.00 bits per heavy atom. The van der Waals surface area contributed by atoms with Gasteiger partial charge in [-0.1, -0.05) is 51.0 Å². The first-order valence-electron chi connectivity index (χ1n) is 12.2. The van der Waals surface area contributed by atoms with Gasteiger partial charge in [0.05, 0.1) is 28.2 Å². The van der Waals surface area contributed by atoms with Gasteiger partial charge in [0.15, 0.2) is 5.78 Å². The molecule has 0 heterocycles. The van der Waals surface area contributed by atoms with Crippen molar-refractivity contribution in [3.05, 3.63) is 95.1 Å². The third-order valence-corrected chi connectivity index (χ3v) is 6.14. The van der Waals surface area contributed by atoms with Gasteiger partial charge in [-0.05, 0) is 85.4 Å². The van der Waals surface area contributed by atoms with Gasteiger partial charge in [-0.2, -0.15) is 0 Å². The molecule has 0 aromatic heterocycles. The summed E-state index contributed by atoms with van der Waals surface area (Å²) in [7, 11) is 0. The van der Waals surface area contributed by atoms with Crippen molar-refractivity contribution in [3.8, 4) is 5.75 Å². The van der Waals surface area contributed by atoms with E-state index in [2.05, 4.69) is 43.4 Å². The first-order valence-corrected chi connectivity index (χ1v) is 12.2. The number of phenols is 1. The average molecular weight is 453 g/mol. The molecule has 4 rings (SSSR count). The number of unbranched alkanes of at least 4 members (excludes halogenated alkanes) is 2. The maximum atomic E-state index is 12.9. The third kappa shape index (κ3) is 5.45. The van der Waals surface area contributed by atoms with Gasteiger partial charge in [0, 0.05) is 5.69 Å². The molecule has 0 spiro atoms. The fourth-order valence-corrected chi connectivity index (χ4v) is 4.17. The van der Waals surface area contributed by atoms with Crippen molar-refractivity contribution in [3.63, 3.8) is 0 Å². The number of hydrogen-bond donors (Lipinski definition) is 2. The zero-order valence-electron chi connectivity index (χ0n) is 20.0. The molecule has 0 amide bonds. The van der Waals surface area contributed by atoms with E-state index in [9.17, 15) is 9.90 Å². The van der Waals surface area contributed by atoms with Crippen molar-refractivity contribution in [2.24, 2.45) is 4.99 Å². The monoisotopic (exact) mass is 452 g/mol. The number of nitrogens with one attached hydrogen (secondary N) is 1. The van der Waals surface area contributed by atoms with Crippen LogP contribution in [0.15, 0.2) is 77.8 Å². The van der Waals surface area contributed by atoms with Gasteiger partial charge < -0.3 is 10.4 Å². The Morgan fingerprint density at radius 1 is 0.765 bits per heavy atom. The Hall–Kier alpha value is -3.66. The summed E-state index contributed by atoms with van der Waals surface area (Å²) >= 11 is 0. The van der Waals surface area contributed by atoms with Crippen LogP contribution in [0.25, 0.3) is 0 Å². The zero-order valence-corrected chi connectivity index (χ0v) is 20.0. The van der Waals surface area contributed by atoms with Crippen molar-refractivity contribution >= 4 is 28.6 Å². The highest BCUT2D eigenvalue weighted by atomic mass is 16.3. The van der Waals surface area contributed by atoms with Crippen LogP contribution < -0.4 is 5.32 Å². The van der Waals surface area contributed by atoms with Crippen LogP contribution in [0.1, 0.15) is 66.6 Å². The van der Waals surface area contributed by atoms with Crippen molar-refractivity contribution in [2.45, 2.75) is 52.4 Å². The summed E-state index contributed by atoms with van der Waals surface area (Å²) in [6.07, 6.45) is 9.99. The number of rotatable bonds is 9. The molecule has 2 N–H and O–H groups in total. The molecule has 4 nitrogen and oxygen atoms in total. The molecule has 0 aliphatic heterocycles. The van der Waals surface area contributed by atoms with Crippen LogP contribution in [-0.4, -0.2) is 16.6 Å². The van der Waals surface area contributed by atoms with Crippen LogP contribution in [0.2, 0.25) is 0 Å². The summed E-state index contributed by atoms with van der Waals surface area (Å²) in [5.74, 6) is -0.103. The van der Waals surface area contributed by atoms with Crippen molar-refractivity contribution in [1.29, 1.82) is 0 Å². The topological polar surface area (TPSA) is 61.7 Å². The second-order valence-corrected chi connectivity index (χ2v) is 8.77. The molecular formula is C30H32N2O2. The molecule has 4 heteroatoms. The Balaban J connectivity index is 1.63. The number of nitrogens with zero attached hydrogens (tertiary/aromatic N) is 1. The predicted molar refractivity (Wildman–Crippen MR) is 141 cm³/mol. The molecule has 0 bridgehead atoms. The van der Waals surface area contributed by atoms with Crippen LogP contribution in [0.3, 0.4) is 0 Å². The van der Waals surface area contributed by atoms with E-state index in [1.165, 1.54) is 30.0 Å². The Kier molecular flexibility index (Phi) is 7.58. The minimum atomic E-state index is -0.151. The molecule has 0 atom stereocenters. The smallest absolute Gasteiger partial charge is 0.188 e. The highest BCUT2D eigenvalue weighted by molar-refractivity contribution is 6.27. The van der Waals surface area contributed by atoms with E-state index in [4.69, 9.17) is 4.99 Å². The number of phenolic OH excluding ortho intramolecular Hbond substituents is 1. The molecule has 1 aliphatic rings. The van der Waals surface area contributed by atoms with E-state index in [1.807, 2.05) is 24.3 Å². The number of ketones is 1. The normalized spacial score (nSPS) is 13.8. The van der Waals surface area contributed by atoms with Crippen molar-refractivity contribution in [1.82, 2.24) is 0 Å². The van der Waals surface area contributed by atoms with E-state index in [0.717, 1.165) is 37.1 Å². The number of allylic oxidation sites excluding steroid dienone is 2. The summed E-state index contributed by atoms with van der Waals surface area (Å²) in [6.45, 7) is 4.38. The molecule has 3 aromatic carbocycles. The Labute approximate surface area is 202 Å². The minimum Gasteiger partial charge on any atom is -0.507 e. The maximum absolute atomic E-state index is 12.9. The maximum Gasteiger partial charge on any atom is 0.188 e.